The quantitative estimate of drug-likeness (QED) is 0.758. The summed E-state index contributed by atoms with van der Waals surface area (Å²) in [6.45, 7) is 0.000433. The van der Waals surface area contributed by atoms with E-state index in [1.807, 2.05) is 0 Å². The molecule has 8 heteroatoms. The van der Waals surface area contributed by atoms with Crippen LogP contribution in [0.5, 0.6) is 0 Å². The first-order valence-corrected chi connectivity index (χ1v) is 7.73. The minimum atomic E-state index is -0.647. The van der Waals surface area contributed by atoms with Crippen molar-refractivity contribution in [3.8, 4) is 0 Å². The number of carbonyl (C=O) groups excluding carboxylic acids is 3. The van der Waals surface area contributed by atoms with Crippen molar-refractivity contribution in [1.29, 1.82) is 0 Å². The number of nitrogens with one attached hydrogen (secondary N) is 1. The molecule has 0 aliphatic carbocycles. The minimum Gasteiger partial charge on any atom is -0.463 e. The van der Waals surface area contributed by atoms with Crippen molar-refractivity contribution in [2.24, 2.45) is 0 Å². The maximum absolute atomic E-state index is 11.9. The van der Waals surface area contributed by atoms with E-state index in [-0.39, 0.29) is 31.2 Å². The van der Waals surface area contributed by atoms with Gasteiger partial charge in [0, 0.05) is 22.7 Å². The number of amides is 1. The molecule has 0 fully saturated rings. The summed E-state index contributed by atoms with van der Waals surface area (Å²) in [5, 5.41) is 3.14. The van der Waals surface area contributed by atoms with E-state index < -0.39 is 11.9 Å². The molecule has 1 N–H and O–H groups in total. The Bertz CT molecular complexity index is 753. The molecule has 0 aliphatic heterocycles. The average molecular weight is 366 g/mol. The van der Waals surface area contributed by atoms with Gasteiger partial charge in [0.1, 0.15) is 6.61 Å². The average Bonchev–Trinajstić information content (AvgIpc) is 3.08. The van der Waals surface area contributed by atoms with Gasteiger partial charge in [0.25, 0.3) is 5.91 Å². The van der Waals surface area contributed by atoms with Crippen LogP contribution in [0.25, 0.3) is 0 Å². The number of hydrogen-bond acceptors (Lipinski definition) is 6. The third kappa shape index (κ3) is 5.36. The Morgan fingerprint density at radius 3 is 2.56 bits per heavy atom. The summed E-state index contributed by atoms with van der Waals surface area (Å²) in [6, 6.07) is 7.90. The molecule has 0 radical (unpaired) electrons. The maximum atomic E-state index is 11.9. The normalized spacial score (nSPS) is 10.2. The highest BCUT2D eigenvalue weighted by molar-refractivity contribution is 6.30. The number of hydrogen-bond donors (Lipinski definition) is 1. The largest absolute Gasteiger partial charge is 0.463 e. The van der Waals surface area contributed by atoms with Gasteiger partial charge in [-0.3, -0.25) is 9.59 Å². The van der Waals surface area contributed by atoms with Crippen LogP contribution in [0.15, 0.2) is 41.0 Å². The summed E-state index contributed by atoms with van der Waals surface area (Å²) in [6.07, 6.45) is 1.30. The van der Waals surface area contributed by atoms with E-state index in [0.717, 1.165) is 0 Å². The zero-order valence-electron chi connectivity index (χ0n) is 13.4. The van der Waals surface area contributed by atoms with Gasteiger partial charge in [0.15, 0.2) is 0 Å². The van der Waals surface area contributed by atoms with Crippen LogP contribution in [-0.4, -0.2) is 31.5 Å². The molecule has 2 rings (SSSR count). The van der Waals surface area contributed by atoms with Crippen molar-refractivity contribution < 1.29 is 28.3 Å². The Balaban J connectivity index is 1.74. The van der Waals surface area contributed by atoms with Crippen LogP contribution in [0.3, 0.4) is 0 Å². The van der Waals surface area contributed by atoms with Gasteiger partial charge in [-0.05, 0) is 30.3 Å². The summed E-state index contributed by atoms with van der Waals surface area (Å²) >= 11 is 5.75. The molecule has 1 aromatic heterocycles. The molecule has 0 aliphatic rings. The molecule has 25 heavy (non-hydrogen) atoms. The molecule has 0 atom stereocenters. The molecular formula is C17H16ClNO6. The van der Waals surface area contributed by atoms with E-state index in [0.29, 0.717) is 16.1 Å². The van der Waals surface area contributed by atoms with E-state index in [2.05, 4.69) is 10.1 Å². The molecule has 1 aromatic carbocycles. The fourth-order valence-corrected chi connectivity index (χ4v) is 2.06. The SMILES string of the molecule is COC(=O)c1occc1COC(=O)CCNC(=O)c1ccc(Cl)cc1. The van der Waals surface area contributed by atoms with E-state index in [4.69, 9.17) is 20.8 Å². The van der Waals surface area contributed by atoms with E-state index in [1.54, 1.807) is 24.3 Å². The Morgan fingerprint density at radius 1 is 1.16 bits per heavy atom. The summed E-state index contributed by atoms with van der Waals surface area (Å²) < 4.78 is 14.6. The monoisotopic (exact) mass is 365 g/mol. The first-order valence-electron chi connectivity index (χ1n) is 7.35. The lowest BCUT2D eigenvalue weighted by atomic mass is 10.2. The molecule has 1 heterocycles. The van der Waals surface area contributed by atoms with Crippen molar-refractivity contribution in [2.75, 3.05) is 13.7 Å². The molecule has 1 amide bonds. The molecule has 0 bridgehead atoms. The summed E-state index contributed by atoms with van der Waals surface area (Å²) in [5.41, 5.74) is 0.851. The Morgan fingerprint density at radius 2 is 1.88 bits per heavy atom. The number of benzene rings is 1. The smallest absolute Gasteiger partial charge is 0.374 e. The van der Waals surface area contributed by atoms with Gasteiger partial charge >= 0.3 is 11.9 Å². The van der Waals surface area contributed by atoms with Gasteiger partial charge in [-0.1, -0.05) is 11.6 Å². The molecule has 0 saturated heterocycles. The lowest BCUT2D eigenvalue weighted by molar-refractivity contribution is -0.144. The zero-order valence-corrected chi connectivity index (χ0v) is 14.2. The number of rotatable bonds is 7. The Hall–Kier alpha value is -2.80. The van der Waals surface area contributed by atoms with E-state index in [9.17, 15) is 14.4 Å². The summed E-state index contributed by atoms with van der Waals surface area (Å²) in [4.78, 5) is 35.0. The van der Waals surface area contributed by atoms with Crippen molar-refractivity contribution in [1.82, 2.24) is 5.32 Å². The van der Waals surface area contributed by atoms with Crippen LogP contribution in [0.4, 0.5) is 0 Å². The van der Waals surface area contributed by atoms with Crippen molar-refractivity contribution in [3.05, 3.63) is 58.5 Å². The van der Waals surface area contributed by atoms with Gasteiger partial charge in [-0.25, -0.2) is 4.79 Å². The van der Waals surface area contributed by atoms with Crippen LogP contribution in [0, 0.1) is 0 Å². The lowest BCUT2D eigenvalue weighted by Gasteiger charge is -2.06. The van der Waals surface area contributed by atoms with Gasteiger partial charge in [-0.15, -0.1) is 0 Å². The molecule has 0 spiro atoms. The lowest BCUT2D eigenvalue weighted by Crippen LogP contribution is -2.26. The first-order chi connectivity index (χ1) is 12.0. The first kappa shape index (κ1) is 18.5. The Kier molecular flexibility index (Phi) is 6.59. The van der Waals surface area contributed by atoms with Crippen molar-refractivity contribution in [3.63, 3.8) is 0 Å². The van der Waals surface area contributed by atoms with Crippen LogP contribution >= 0.6 is 11.6 Å². The van der Waals surface area contributed by atoms with E-state index in [1.165, 1.54) is 19.4 Å². The Labute approximate surface area is 148 Å². The zero-order chi connectivity index (χ0) is 18.2. The van der Waals surface area contributed by atoms with Gasteiger partial charge in [0.2, 0.25) is 5.76 Å². The van der Waals surface area contributed by atoms with Crippen LogP contribution in [-0.2, 0) is 20.9 Å². The number of furan rings is 1. The second-order valence-corrected chi connectivity index (χ2v) is 5.38. The minimum absolute atomic E-state index is 0.00802. The second kappa shape index (κ2) is 8.89. The van der Waals surface area contributed by atoms with Crippen LogP contribution < -0.4 is 5.32 Å². The standard InChI is InChI=1S/C17H16ClNO6/c1-23-17(22)15-12(7-9-24-15)10-25-14(20)6-8-19-16(21)11-2-4-13(18)5-3-11/h2-5,7,9H,6,8,10H2,1H3,(H,19,21). The third-order valence-corrected chi connectivity index (χ3v) is 3.48. The van der Waals surface area contributed by atoms with Gasteiger partial charge in [-0.2, -0.15) is 0 Å². The molecular weight excluding hydrogens is 350 g/mol. The number of halogens is 1. The summed E-state index contributed by atoms with van der Waals surface area (Å²) in [7, 11) is 1.23. The fourth-order valence-electron chi connectivity index (χ4n) is 1.93. The fraction of sp³-hybridized carbons (Fsp3) is 0.235. The van der Waals surface area contributed by atoms with Crippen LogP contribution in [0.2, 0.25) is 5.02 Å². The number of ether oxygens (including phenoxy) is 2. The van der Waals surface area contributed by atoms with Crippen molar-refractivity contribution in [2.45, 2.75) is 13.0 Å². The summed E-state index contributed by atoms with van der Waals surface area (Å²) in [5.74, 6) is -1.49. The molecule has 132 valence electrons. The highest BCUT2D eigenvalue weighted by Gasteiger charge is 2.17. The predicted molar refractivity (Wildman–Crippen MR) is 88.2 cm³/mol. The highest BCUT2D eigenvalue weighted by atomic mass is 35.5. The molecule has 0 unspecified atom stereocenters. The highest BCUT2D eigenvalue weighted by Crippen LogP contribution is 2.13. The number of esters is 2. The van der Waals surface area contributed by atoms with E-state index >= 15 is 0 Å². The van der Waals surface area contributed by atoms with Crippen molar-refractivity contribution >= 4 is 29.4 Å². The number of carbonyl (C=O) groups is 3. The van der Waals surface area contributed by atoms with Crippen LogP contribution in [0.1, 0.15) is 32.9 Å². The molecule has 0 saturated carbocycles. The molecule has 7 nitrogen and oxygen atoms in total. The topological polar surface area (TPSA) is 94.8 Å². The predicted octanol–water partition coefficient (Wildman–Crippen LogP) is 2.58. The maximum Gasteiger partial charge on any atom is 0.374 e. The second-order valence-electron chi connectivity index (χ2n) is 4.94. The molecule has 2 aromatic rings. The third-order valence-electron chi connectivity index (χ3n) is 3.23. The number of methoxy groups -OCH3 is 1. The van der Waals surface area contributed by atoms with Gasteiger partial charge in [0.05, 0.1) is 19.8 Å². The van der Waals surface area contributed by atoms with Gasteiger partial charge < -0.3 is 19.2 Å².